The first-order valence-corrected chi connectivity index (χ1v) is 9.74. The second kappa shape index (κ2) is 11.7. The summed E-state index contributed by atoms with van der Waals surface area (Å²) in [5.41, 5.74) is 6.12. The van der Waals surface area contributed by atoms with E-state index in [1.54, 1.807) is 4.90 Å². The number of nitrogens with zero attached hydrogens (tertiary/aromatic N) is 3. The number of amides is 3. The zero-order valence-electron chi connectivity index (χ0n) is 16.8. The molecule has 8 nitrogen and oxygen atoms in total. The molecule has 0 spiro atoms. The summed E-state index contributed by atoms with van der Waals surface area (Å²) < 4.78 is 5.26. The molecule has 0 aliphatic carbocycles. The summed E-state index contributed by atoms with van der Waals surface area (Å²) in [5.74, 6) is -0.779. The van der Waals surface area contributed by atoms with E-state index in [0.29, 0.717) is 39.3 Å². The fourth-order valence-corrected chi connectivity index (χ4v) is 3.01. The first kappa shape index (κ1) is 22.2. The fourth-order valence-electron chi connectivity index (χ4n) is 3.01. The van der Waals surface area contributed by atoms with Crippen LogP contribution in [-0.2, 0) is 25.5 Å². The van der Waals surface area contributed by atoms with Gasteiger partial charge in [0.1, 0.15) is 6.54 Å². The van der Waals surface area contributed by atoms with Gasteiger partial charge in [-0.05, 0) is 12.0 Å². The van der Waals surface area contributed by atoms with Crippen molar-refractivity contribution in [1.29, 1.82) is 0 Å². The van der Waals surface area contributed by atoms with E-state index in [0.717, 1.165) is 10.5 Å². The summed E-state index contributed by atoms with van der Waals surface area (Å²) in [6.07, 6.45) is 0.811. The van der Waals surface area contributed by atoms with Gasteiger partial charge in [0.05, 0.1) is 26.2 Å². The van der Waals surface area contributed by atoms with Crippen LogP contribution in [-0.4, -0.2) is 78.4 Å². The number of morpholine rings is 1. The number of nitrogens with two attached hydrogens (primary N) is 1. The highest BCUT2D eigenvalue weighted by Crippen LogP contribution is 2.05. The standard InChI is InChI=1S/C21H28N4O4/c1-2-9-24(16-20(27)23-11-13-29-14-12-23)21(28)17-25(10-8-22)19(26)15-18-6-4-3-5-7-18/h3-7H,2,9,11-17,22H2,1H3. The zero-order valence-corrected chi connectivity index (χ0v) is 16.8. The van der Waals surface area contributed by atoms with E-state index >= 15 is 0 Å². The highest BCUT2D eigenvalue weighted by molar-refractivity contribution is 5.89. The van der Waals surface area contributed by atoms with Crippen molar-refractivity contribution in [1.82, 2.24) is 14.7 Å². The Bertz CT molecular complexity index is 751. The Morgan fingerprint density at radius 2 is 1.79 bits per heavy atom. The van der Waals surface area contributed by atoms with Gasteiger partial charge in [0.25, 0.3) is 0 Å². The van der Waals surface area contributed by atoms with Crippen molar-refractivity contribution >= 4 is 17.7 Å². The van der Waals surface area contributed by atoms with E-state index in [-0.39, 0.29) is 37.2 Å². The maximum absolute atomic E-state index is 12.8. The molecule has 1 fully saturated rings. The highest BCUT2D eigenvalue weighted by atomic mass is 16.5. The maximum Gasteiger partial charge on any atom is 0.243 e. The summed E-state index contributed by atoms with van der Waals surface area (Å²) in [6.45, 7) is 4.13. The van der Waals surface area contributed by atoms with Crippen molar-refractivity contribution in [2.75, 3.05) is 45.9 Å². The molecule has 1 aliphatic heterocycles. The van der Waals surface area contributed by atoms with Crippen LogP contribution in [0.25, 0.3) is 0 Å². The highest BCUT2D eigenvalue weighted by Gasteiger charge is 2.25. The van der Waals surface area contributed by atoms with E-state index in [4.69, 9.17) is 10.5 Å². The third kappa shape index (κ3) is 7.12. The predicted octanol–water partition coefficient (Wildman–Crippen LogP) is 0.0322. The Morgan fingerprint density at radius 3 is 2.41 bits per heavy atom. The van der Waals surface area contributed by atoms with Gasteiger partial charge >= 0.3 is 0 Å². The van der Waals surface area contributed by atoms with Gasteiger partial charge in [0, 0.05) is 31.7 Å². The molecule has 1 aliphatic rings. The lowest BCUT2D eigenvalue weighted by Crippen LogP contribution is -2.49. The molecule has 0 aromatic heterocycles. The molecule has 0 atom stereocenters. The minimum atomic E-state index is -0.336. The molecule has 0 saturated carbocycles. The van der Waals surface area contributed by atoms with Crippen molar-refractivity contribution in [3.63, 3.8) is 0 Å². The van der Waals surface area contributed by atoms with Crippen molar-refractivity contribution < 1.29 is 19.1 Å². The molecule has 3 amide bonds. The van der Waals surface area contributed by atoms with Crippen molar-refractivity contribution in [3.8, 4) is 12.1 Å². The van der Waals surface area contributed by atoms with Gasteiger partial charge < -0.3 is 20.3 Å². The number of hydrogen-bond acceptors (Lipinski definition) is 5. The maximum atomic E-state index is 12.8. The van der Waals surface area contributed by atoms with E-state index in [9.17, 15) is 14.4 Å². The second-order valence-corrected chi connectivity index (χ2v) is 6.71. The number of ether oxygens (including phenoxy) is 1. The number of carbonyl (C=O) groups excluding carboxylic acids is 3. The lowest BCUT2D eigenvalue weighted by atomic mass is 10.1. The van der Waals surface area contributed by atoms with E-state index < -0.39 is 0 Å². The first-order valence-electron chi connectivity index (χ1n) is 9.74. The van der Waals surface area contributed by atoms with Crippen LogP contribution in [0, 0.1) is 12.1 Å². The van der Waals surface area contributed by atoms with Crippen LogP contribution < -0.4 is 5.73 Å². The molecule has 0 bridgehead atoms. The first-order chi connectivity index (χ1) is 14.0. The van der Waals surface area contributed by atoms with Crippen molar-refractivity contribution in [3.05, 3.63) is 35.9 Å². The summed E-state index contributed by atoms with van der Waals surface area (Å²) >= 11 is 0. The van der Waals surface area contributed by atoms with Crippen LogP contribution in [0.1, 0.15) is 18.9 Å². The number of carbonyl (C=O) groups is 3. The molecule has 0 radical (unpaired) electrons. The Balaban J connectivity index is 2.00. The Labute approximate surface area is 171 Å². The lowest BCUT2D eigenvalue weighted by molar-refractivity contribution is -0.144. The second-order valence-electron chi connectivity index (χ2n) is 6.71. The number of benzene rings is 1. The average molecular weight is 400 g/mol. The average Bonchev–Trinajstić information content (AvgIpc) is 2.74. The third-order valence-electron chi connectivity index (χ3n) is 4.53. The Kier molecular flexibility index (Phi) is 8.99. The molecule has 8 heteroatoms. The Morgan fingerprint density at radius 1 is 1.10 bits per heavy atom. The van der Waals surface area contributed by atoms with Crippen LogP contribution in [0.4, 0.5) is 0 Å². The Hall–Kier alpha value is -3.05. The van der Waals surface area contributed by atoms with Gasteiger partial charge in [0.2, 0.25) is 17.7 Å². The van der Waals surface area contributed by atoms with Crippen LogP contribution in [0.15, 0.2) is 30.3 Å². The SMILES string of the molecule is CCCN(CC(=O)N1CCOCC1)C(=O)CN(C#CN)C(=O)Cc1ccccc1. The molecule has 1 heterocycles. The zero-order chi connectivity index (χ0) is 21.1. The normalized spacial score (nSPS) is 13.2. The third-order valence-corrected chi connectivity index (χ3v) is 4.53. The van der Waals surface area contributed by atoms with Crippen molar-refractivity contribution in [2.45, 2.75) is 19.8 Å². The molecule has 29 heavy (non-hydrogen) atoms. The van der Waals surface area contributed by atoms with Gasteiger partial charge in [-0.3, -0.25) is 19.3 Å². The number of rotatable bonds is 8. The molecule has 2 rings (SSSR count). The molecule has 156 valence electrons. The topological polar surface area (TPSA) is 96.2 Å². The van der Waals surface area contributed by atoms with Crippen LogP contribution in [0.5, 0.6) is 0 Å². The van der Waals surface area contributed by atoms with Gasteiger partial charge in [-0.25, -0.2) is 0 Å². The summed E-state index contributed by atoms with van der Waals surface area (Å²) in [4.78, 5) is 42.2. The minimum Gasteiger partial charge on any atom is -0.378 e. The van der Waals surface area contributed by atoms with E-state index in [1.807, 2.05) is 37.3 Å². The molecule has 1 aromatic carbocycles. The largest absolute Gasteiger partial charge is 0.378 e. The van der Waals surface area contributed by atoms with E-state index in [1.165, 1.54) is 4.90 Å². The summed E-state index contributed by atoms with van der Waals surface area (Å²) in [5, 5.41) is 0. The van der Waals surface area contributed by atoms with Crippen LogP contribution in [0.2, 0.25) is 0 Å². The van der Waals surface area contributed by atoms with Gasteiger partial charge in [0.15, 0.2) is 0 Å². The molecule has 1 aromatic rings. The van der Waals surface area contributed by atoms with Gasteiger partial charge in [-0.2, -0.15) is 0 Å². The monoisotopic (exact) mass is 400 g/mol. The summed E-state index contributed by atoms with van der Waals surface area (Å²) in [6, 6.07) is 13.9. The summed E-state index contributed by atoms with van der Waals surface area (Å²) in [7, 11) is 0. The van der Waals surface area contributed by atoms with E-state index in [2.05, 4.69) is 12.1 Å². The fraction of sp³-hybridized carbons (Fsp3) is 0.476. The van der Waals surface area contributed by atoms with Crippen molar-refractivity contribution in [2.24, 2.45) is 5.73 Å². The van der Waals surface area contributed by atoms with Crippen LogP contribution >= 0.6 is 0 Å². The van der Waals surface area contributed by atoms with Gasteiger partial charge in [-0.1, -0.05) is 37.3 Å². The molecular weight excluding hydrogens is 372 g/mol. The lowest BCUT2D eigenvalue weighted by Gasteiger charge is -2.30. The smallest absolute Gasteiger partial charge is 0.243 e. The van der Waals surface area contributed by atoms with Crippen LogP contribution in [0.3, 0.4) is 0 Å². The minimum absolute atomic E-state index is 0.0244. The molecular formula is C21H28N4O4. The molecule has 1 saturated heterocycles. The van der Waals surface area contributed by atoms with Gasteiger partial charge in [-0.15, -0.1) is 0 Å². The predicted molar refractivity (Wildman–Crippen MR) is 108 cm³/mol. The molecule has 2 N–H and O–H groups in total. The number of hydrogen-bond donors (Lipinski definition) is 1. The quantitative estimate of drug-likeness (QED) is 0.491. The molecule has 0 unspecified atom stereocenters.